The van der Waals surface area contributed by atoms with E-state index in [2.05, 4.69) is 22.6 Å². The number of alkyl halides is 1. The van der Waals surface area contributed by atoms with Crippen molar-refractivity contribution in [3.8, 4) is 5.75 Å². The smallest absolute Gasteiger partial charge is 0.124 e. The lowest BCUT2D eigenvalue weighted by atomic mass is 10.0. The lowest BCUT2D eigenvalue weighted by molar-refractivity contribution is 0.410. The summed E-state index contributed by atoms with van der Waals surface area (Å²) in [6.45, 7) is 2.00. The van der Waals surface area contributed by atoms with Crippen LogP contribution in [0.25, 0.3) is 0 Å². The molecule has 0 radical (unpaired) electrons. The Kier molecular flexibility index (Phi) is 4.68. The van der Waals surface area contributed by atoms with Gasteiger partial charge >= 0.3 is 0 Å². The first-order valence-corrected chi connectivity index (χ1v) is 7.28. The first kappa shape index (κ1) is 14.6. The van der Waals surface area contributed by atoms with Crippen LogP contribution in [-0.4, -0.2) is 7.11 Å². The van der Waals surface area contributed by atoms with Gasteiger partial charge in [-0.25, -0.2) is 4.39 Å². The molecule has 100 valence electrons. The molecule has 0 amide bonds. The molecule has 0 fully saturated rings. The van der Waals surface area contributed by atoms with Gasteiger partial charge in [0.15, 0.2) is 0 Å². The highest BCUT2D eigenvalue weighted by Gasteiger charge is 2.18. The molecule has 0 aliphatic rings. The Labute approximate surface area is 130 Å². The topological polar surface area (TPSA) is 9.23 Å². The van der Waals surface area contributed by atoms with Gasteiger partial charge in [-0.1, -0.05) is 23.8 Å². The fraction of sp³-hybridized carbons (Fsp3) is 0.200. The first-order chi connectivity index (χ1) is 9.02. The summed E-state index contributed by atoms with van der Waals surface area (Å²) in [7, 11) is 1.62. The summed E-state index contributed by atoms with van der Waals surface area (Å²) in [6.07, 6.45) is 0. The van der Waals surface area contributed by atoms with Gasteiger partial charge in [0.2, 0.25) is 0 Å². The maximum Gasteiger partial charge on any atom is 0.124 e. The maximum atomic E-state index is 13.2. The highest BCUT2D eigenvalue weighted by molar-refractivity contribution is 14.1. The summed E-state index contributed by atoms with van der Waals surface area (Å²) in [5.74, 6) is 0.485. The molecule has 1 nitrogen and oxygen atoms in total. The van der Waals surface area contributed by atoms with Crippen molar-refractivity contribution in [3.63, 3.8) is 0 Å². The summed E-state index contributed by atoms with van der Waals surface area (Å²) in [6, 6.07) is 10.5. The molecular weight excluding hydrogens is 378 g/mol. The minimum atomic E-state index is -0.359. The molecule has 2 aromatic rings. The number of hydrogen-bond acceptors (Lipinski definition) is 1. The molecule has 0 N–H and O–H groups in total. The average Bonchev–Trinajstić information content (AvgIpc) is 2.38. The number of halogens is 3. The maximum absolute atomic E-state index is 13.2. The van der Waals surface area contributed by atoms with Gasteiger partial charge in [0.1, 0.15) is 11.6 Å². The molecule has 2 rings (SSSR count). The lowest BCUT2D eigenvalue weighted by Gasteiger charge is -2.16. The van der Waals surface area contributed by atoms with E-state index in [-0.39, 0.29) is 11.2 Å². The van der Waals surface area contributed by atoms with Gasteiger partial charge in [0, 0.05) is 9.13 Å². The van der Waals surface area contributed by atoms with Crippen molar-refractivity contribution in [1.29, 1.82) is 0 Å². The number of methoxy groups -OCH3 is 1. The Morgan fingerprint density at radius 3 is 2.53 bits per heavy atom. The van der Waals surface area contributed by atoms with Crippen LogP contribution in [0.5, 0.6) is 5.75 Å². The van der Waals surface area contributed by atoms with E-state index in [0.29, 0.717) is 0 Å². The van der Waals surface area contributed by atoms with Crippen LogP contribution >= 0.6 is 34.2 Å². The molecule has 1 unspecified atom stereocenters. The SMILES string of the molecule is COc1ccc(C)cc1C(Cl)c1ccc(F)cc1I. The van der Waals surface area contributed by atoms with Crippen molar-refractivity contribution in [2.45, 2.75) is 12.3 Å². The highest BCUT2D eigenvalue weighted by atomic mass is 127. The monoisotopic (exact) mass is 390 g/mol. The fourth-order valence-corrected chi connectivity index (χ4v) is 3.26. The van der Waals surface area contributed by atoms with Crippen molar-refractivity contribution < 1.29 is 9.13 Å². The zero-order chi connectivity index (χ0) is 14.0. The standard InChI is InChI=1S/C15H13ClFIO/c1-9-3-6-14(19-2)12(7-9)15(16)11-5-4-10(17)8-13(11)18/h3-8,15H,1-2H3. The predicted molar refractivity (Wildman–Crippen MR) is 84.5 cm³/mol. The minimum absolute atomic E-state index is 0.256. The van der Waals surface area contributed by atoms with Crippen molar-refractivity contribution in [2.75, 3.05) is 7.11 Å². The van der Waals surface area contributed by atoms with Crippen molar-refractivity contribution in [2.24, 2.45) is 0 Å². The molecule has 1 atom stereocenters. The molecule has 0 aliphatic carbocycles. The van der Waals surface area contributed by atoms with E-state index in [0.717, 1.165) is 26.0 Å². The molecule has 0 aliphatic heterocycles. The Bertz CT molecular complexity index is 601. The third kappa shape index (κ3) is 3.20. The second-order valence-electron chi connectivity index (χ2n) is 4.27. The van der Waals surface area contributed by atoms with Crippen molar-refractivity contribution in [1.82, 2.24) is 0 Å². The van der Waals surface area contributed by atoms with Crippen LogP contribution in [0.2, 0.25) is 0 Å². The van der Waals surface area contributed by atoms with Gasteiger partial charge in [-0.15, -0.1) is 11.6 Å². The van der Waals surface area contributed by atoms with Crippen LogP contribution in [0.4, 0.5) is 4.39 Å². The summed E-state index contributed by atoms with van der Waals surface area (Å²) in [5, 5.41) is -0.359. The van der Waals surface area contributed by atoms with Gasteiger partial charge in [-0.05, 0) is 53.3 Å². The van der Waals surface area contributed by atoms with Crippen LogP contribution in [0, 0.1) is 16.3 Å². The van der Waals surface area contributed by atoms with E-state index < -0.39 is 0 Å². The number of hydrogen-bond donors (Lipinski definition) is 0. The Balaban J connectivity index is 2.49. The summed E-state index contributed by atoms with van der Waals surface area (Å²) in [5.41, 5.74) is 2.89. The van der Waals surface area contributed by atoms with Crippen LogP contribution in [0.1, 0.15) is 22.1 Å². The van der Waals surface area contributed by atoms with Gasteiger partial charge in [-0.3, -0.25) is 0 Å². The number of ether oxygens (including phenoxy) is 1. The highest BCUT2D eigenvalue weighted by Crippen LogP contribution is 2.37. The zero-order valence-electron chi connectivity index (χ0n) is 10.6. The Morgan fingerprint density at radius 2 is 1.89 bits per heavy atom. The molecule has 4 heteroatoms. The van der Waals surface area contributed by atoms with Crippen LogP contribution < -0.4 is 4.74 Å². The van der Waals surface area contributed by atoms with E-state index >= 15 is 0 Å². The van der Waals surface area contributed by atoms with Gasteiger partial charge in [-0.2, -0.15) is 0 Å². The van der Waals surface area contributed by atoms with E-state index in [4.69, 9.17) is 16.3 Å². The summed E-state index contributed by atoms with van der Waals surface area (Å²) < 4.78 is 19.3. The van der Waals surface area contributed by atoms with Crippen LogP contribution in [0.3, 0.4) is 0 Å². The zero-order valence-corrected chi connectivity index (χ0v) is 13.5. The normalized spacial score (nSPS) is 12.3. The lowest BCUT2D eigenvalue weighted by Crippen LogP contribution is -2.00. The molecule has 2 aromatic carbocycles. The van der Waals surface area contributed by atoms with Crippen LogP contribution in [0.15, 0.2) is 36.4 Å². The molecule has 0 saturated carbocycles. The van der Waals surface area contributed by atoms with E-state index in [1.165, 1.54) is 12.1 Å². The third-order valence-electron chi connectivity index (χ3n) is 2.89. The van der Waals surface area contributed by atoms with Gasteiger partial charge < -0.3 is 4.74 Å². The van der Waals surface area contributed by atoms with Crippen molar-refractivity contribution >= 4 is 34.2 Å². The molecule has 0 spiro atoms. The minimum Gasteiger partial charge on any atom is -0.496 e. The van der Waals surface area contributed by atoms with E-state index in [1.807, 2.05) is 25.1 Å². The van der Waals surface area contributed by atoms with E-state index in [1.54, 1.807) is 13.2 Å². The molecule has 0 saturated heterocycles. The predicted octanol–water partition coefficient (Wildman–Crippen LogP) is 5.08. The molecule has 0 bridgehead atoms. The van der Waals surface area contributed by atoms with Gasteiger partial charge in [0.25, 0.3) is 0 Å². The summed E-state index contributed by atoms with van der Waals surface area (Å²) in [4.78, 5) is 0. The quantitative estimate of drug-likeness (QED) is 0.525. The second-order valence-corrected chi connectivity index (χ2v) is 5.87. The third-order valence-corrected chi connectivity index (χ3v) is 4.30. The largest absolute Gasteiger partial charge is 0.496 e. The number of benzene rings is 2. The fourth-order valence-electron chi connectivity index (χ4n) is 1.93. The first-order valence-electron chi connectivity index (χ1n) is 5.76. The molecule has 0 heterocycles. The Morgan fingerprint density at radius 1 is 1.16 bits per heavy atom. The average molecular weight is 391 g/mol. The second kappa shape index (κ2) is 6.09. The summed E-state index contributed by atoms with van der Waals surface area (Å²) >= 11 is 8.63. The molecule has 0 aromatic heterocycles. The Hall–Kier alpha value is -0.810. The molecular formula is C15H13ClFIO. The van der Waals surface area contributed by atoms with Crippen LogP contribution in [-0.2, 0) is 0 Å². The molecule has 19 heavy (non-hydrogen) atoms. The van der Waals surface area contributed by atoms with Crippen molar-refractivity contribution in [3.05, 3.63) is 62.5 Å². The number of aryl methyl sites for hydroxylation is 1. The van der Waals surface area contributed by atoms with E-state index in [9.17, 15) is 4.39 Å². The van der Waals surface area contributed by atoms with Gasteiger partial charge in [0.05, 0.1) is 12.5 Å². The number of rotatable bonds is 3.